The van der Waals surface area contributed by atoms with Gasteiger partial charge in [-0.1, -0.05) is 19.3 Å². The lowest BCUT2D eigenvalue weighted by Gasteiger charge is -2.22. The Hall–Kier alpha value is -1.89. The molecule has 0 saturated heterocycles. The summed E-state index contributed by atoms with van der Waals surface area (Å²) in [4.78, 5) is 24.0. The summed E-state index contributed by atoms with van der Waals surface area (Å²) < 4.78 is 1.51. The minimum Gasteiger partial charge on any atom is -0.352 e. The van der Waals surface area contributed by atoms with Crippen LogP contribution in [0, 0.1) is 0 Å². The maximum absolute atomic E-state index is 12.0. The number of aromatic nitrogens is 2. The highest BCUT2D eigenvalue weighted by Gasteiger charge is 2.16. The van der Waals surface area contributed by atoms with Gasteiger partial charge in [-0.2, -0.15) is 5.10 Å². The van der Waals surface area contributed by atoms with Crippen LogP contribution < -0.4 is 16.0 Å². The second-order valence-corrected chi connectivity index (χ2v) is 6.23. The van der Waals surface area contributed by atoms with Crippen LogP contribution in [0.2, 0.25) is 0 Å². The van der Waals surface area contributed by atoms with Gasteiger partial charge in [0.05, 0.1) is 11.8 Å². The maximum Gasteiger partial charge on any atom is 0.254 e. The number of nitrogens with one attached hydrogen (secondary N) is 3. The molecule has 1 aromatic rings. The van der Waals surface area contributed by atoms with Gasteiger partial charge in [0, 0.05) is 24.8 Å². The summed E-state index contributed by atoms with van der Waals surface area (Å²) in [6.07, 6.45) is 8.84. The molecule has 1 unspecified atom stereocenters. The van der Waals surface area contributed by atoms with Gasteiger partial charge in [-0.25, -0.2) is 0 Å². The molecule has 128 valence electrons. The molecule has 23 heavy (non-hydrogen) atoms. The average molecular weight is 321 g/mol. The normalized spacial score (nSPS) is 16.8. The van der Waals surface area contributed by atoms with Gasteiger partial charge in [0.15, 0.2) is 0 Å². The van der Waals surface area contributed by atoms with Gasteiger partial charge in [0.25, 0.3) is 5.91 Å². The molecule has 1 aromatic heterocycles. The van der Waals surface area contributed by atoms with Crippen LogP contribution in [0.25, 0.3) is 0 Å². The van der Waals surface area contributed by atoms with Gasteiger partial charge >= 0.3 is 0 Å². The number of rotatable bonds is 7. The molecule has 0 spiro atoms. The van der Waals surface area contributed by atoms with E-state index in [1.54, 1.807) is 6.20 Å². The van der Waals surface area contributed by atoms with Crippen LogP contribution in [0.1, 0.15) is 49.4 Å². The van der Waals surface area contributed by atoms with Gasteiger partial charge in [-0.05, 0) is 26.8 Å². The van der Waals surface area contributed by atoms with Crippen LogP contribution in [0.3, 0.4) is 0 Å². The minimum atomic E-state index is -0.175. The highest BCUT2D eigenvalue weighted by molar-refractivity contribution is 5.93. The van der Waals surface area contributed by atoms with Crippen molar-refractivity contribution in [1.82, 2.24) is 25.7 Å². The molecule has 0 aromatic carbocycles. The third-order valence-electron chi connectivity index (χ3n) is 4.23. The Balaban J connectivity index is 1.79. The van der Waals surface area contributed by atoms with Gasteiger partial charge in [-0.15, -0.1) is 0 Å². The number of carbonyl (C=O) groups is 2. The van der Waals surface area contributed by atoms with Crippen LogP contribution >= 0.6 is 0 Å². The van der Waals surface area contributed by atoms with E-state index in [4.69, 9.17) is 0 Å². The molecule has 2 rings (SSSR count). The summed E-state index contributed by atoms with van der Waals surface area (Å²) >= 11 is 0. The fourth-order valence-corrected chi connectivity index (χ4v) is 2.68. The fraction of sp³-hybridized carbons (Fsp3) is 0.688. The molecule has 3 N–H and O–H groups in total. The van der Waals surface area contributed by atoms with Crippen molar-refractivity contribution in [3.63, 3.8) is 0 Å². The first kappa shape index (κ1) is 17.5. The number of amides is 2. The molecule has 2 amide bonds. The molecule has 1 atom stereocenters. The fourth-order valence-electron chi connectivity index (χ4n) is 2.68. The lowest BCUT2D eigenvalue weighted by Crippen LogP contribution is -2.38. The first-order valence-electron chi connectivity index (χ1n) is 8.35. The van der Waals surface area contributed by atoms with Crippen LogP contribution in [0.5, 0.6) is 0 Å². The van der Waals surface area contributed by atoms with Gasteiger partial charge < -0.3 is 16.0 Å². The van der Waals surface area contributed by atoms with E-state index >= 15 is 0 Å². The Morgan fingerprint density at radius 3 is 2.78 bits per heavy atom. The molecule has 7 nitrogen and oxygen atoms in total. The summed E-state index contributed by atoms with van der Waals surface area (Å²) in [6.45, 7) is 2.68. The summed E-state index contributed by atoms with van der Waals surface area (Å²) in [5, 5.41) is 13.0. The average Bonchev–Trinajstić information content (AvgIpc) is 3.01. The van der Waals surface area contributed by atoms with E-state index < -0.39 is 0 Å². The molecule has 0 radical (unpaired) electrons. The van der Waals surface area contributed by atoms with E-state index in [1.165, 1.54) is 30.1 Å². The number of hydrogen-bond acceptors (Lipinski definition) is 4. The van der Waals surface area contributed by atoms with E-state index in [9.17, 15) is 9.59 Å². The largest absolute Gasteiger partial charge is 0.352 e. The highest BCUT2D eigenvalue weighted by atomic mass is 16.2. The van der Waals surface area contributed by atoms with Crippen LogP contribution in [-0.2, 0) is 11.3 Å². The van der Waals surface area contributed by atoms with E-state index in [1.807, 2.05) is 14.0 Å². The molecule has 1 fully saturated rings. The first-order chi connectivity index (χ1) is 11.1. The zero-order valence-electron chi connectivity index (χ0n) is 14.0. The molecule has 7 heteroatoms. The lowest BCUT2D eigenvalue weighted by atomic mass is 9.95. The van der Waals surface area contributed by atoms with Gasteiger partial charge in [0.1, 0.15) is 6.54 Å². The zero-order valence-corrected chi connectivity index (χ0v) is 14.0. The Bertz CT molecular complexity index is 522. The van der Waals surface area contributed by atoms with E-state index in [2.05, 4.69) is 21.0 Å². The molecular weight excluding hydrogens is 294 g/mol. The van der Waals surface area contributed by atoms with Gasteiger partial charge in [0.2, 0.25) is 5.91 Å². The molecule has 1 heterocycles. The SMILES string of the molecule is CNC(C)CNC(=O)c1cnn(CC(=O)NC2CCCCC2)c1. The third kappa shape index (κ3) is 5.67. The van der Waals surface area contributed by atoms with Crippen LogP contribution in [-0.4, -0.2) is 47.3 Å². The summed E-state index contributed by atoms with van der Waals surface area (Å²) in [7, 11) is 1.85. The van der Waals surface area contributed by atoms with Crippen molar-refractivity contribution in [3.8, 4) is 0 Å². The topological polar surface area (TPSA) is 88.0 Å². The Morgan fingerprint density at radius 2 is 2.09 bits per heavy atom. The van der Waals surface area contributed by atoms with Gasteiger partial charge in [-0.3, -0.25) is 14.3 Å². The van der Waals surface area contributed by atoms with Crippen molar-refractivity contribution in [2.75, 3.05) is 13.6 Å². The smallest absolute Gasteiger partial charge is 0.254 e. The maximum atomic E-state index is 12.0. The third-order valence-corrected chi connectivity index (χ3v) is 4.23. The number of hydrogen-bond donors (Lipinski definition) is 3. The second kappa shape index (κ2) is 8.67. The van der Waals surface area contributed by atoms with E-state index in [-0.39, 0.29) is 30.4 Å². The van der Waals surface area contributed by atoms with Crippen LogP contribution in [0.4, 0.5) is 0 Å². The predicted molar refractivity (Wildman–Crippen MR) is 88.1 cm³/mol. The Kier molecular flexibility index (Phi) is 6.58. The van der Waals surface area contributed by atoms with Crippen LogP contribution in [0.15, 0.2) is 12.4 Å². The highest BCUT2D eigenvalue weighted by Crippen LogP contribution is 2.17. The van der Waals surface area contributed by atoms with Crippen molar-refractivity contribution in [2.24, 2.45) is 0 Å². The minimum absolute atomic E-state index is 0.0456. The van der Waals surface area contributed by atoms with Crippen molar-refractivity contribution >= 4 is 11.8 Å². The zero-order chi connectivity index (χ0) is 16.7. The molecule has 1 saturated carbocycles. The predicted octanol–water partition coefficient (Wildman–Crippen LogP) is 0.670. The molecule has 0 aliphatic heterocycles. The summed E-state index contributed by atoms with van der Waals surface area (Å²) in [6, 6.07) is 0.493. The first-order valence-corrected chi connectivity index (χ1v) is 8.35. The molecule has 1 aliphatic rings. The molecule has 1 aliphatic carbocycles. The Labute approximate surface area is 137 Å². The Morgan fingerprint density at radius 1 is 1.35 bits per heavy atom. The van der Waals surface area contributed by atoms with E-state index in [0.29, 0.717) is 12.1 Å². The number of likely N-dealkylation sites (N-methyl/N-ethyl adjacent to an activating group) is 1. The molecular formula is C16H27N5O2. The van der Waals surface area contributed by atoms with Crippen molar-refractivity contribution in [1.29, 1.82) is 0 Å². The number of carbonyl (C=O) groups excluding carboxylic acids is 2. The lowest BCUT2D eigenvalue weighted by molar-refractivity contribution is -0.122. The quantitative estimate of drug-likeness (QED) is 0.689. The summed E-state index contributed by atoms with van der Waals surface area (Å²) in [5.74, 6) is -0.221. The van der Waals surface area contributed by atoms with Crippen molar-refractivity contribution < 1.29 is 9.59 Å². The molecule has 0 bridgehead atoms. The van der Waals surface area contributed by atoms with E-state index in [0.717, 1.165) is 12.8 Å². The van der Waals surface area contributed by atoms with Crippen molar-refractivity contribution in [2.45, 2.75) is 57.7 Å². The number of nitrogens with zero attached hydrogens (tertiary/aromatic N) is 2. The standard InChI is InChI=1S/C16H27N5O2/c1-12(17-2)8-18-16(23)13-9-19-21(10-13)11-15(22)20-14-6-4-3-5-7-14/h9-10,12,14,17H,3-8,11H2,1-2H3,(H,18,23)(H,20,22). The second-order valence-electron chi connectivity index (χ2n) is 6.23. The monoisotopic (exact) mass is 321 g/mol. The summed E-state index contributed by atoms with van der Waals surface area (Å²) in [5.41, 5.74) is 0.471. The van der Waals surface area contributed by atoms with Crippen molar-refractivity contribution in [3.05, 3.63) is 18.0 Å².